The first kappa shape index (κ1) is 15.5. The third kappa shape index (κ3) is 2.78. The number of aryl methyl sites for hydroxylation is 1. The van der Waals surface area contributed by atoms with E-state index in [1.54, 1.807) is 0 Å². The van der Waals surface area contributed by atoms with Gasteiger partial charge in [-0.25, -0.2) is 0 Å². The molecule has 0 radical (unpaired) electrons. The van der Waals surface area contributed by atoms with Gasteiger partial charge in [0.15, 0.2) is 0 Å². The maximum atomic E-state index is 6.21. The molecule has 2 aromatic carbocycles. The molecule has 0 bridgehead atoms. The van der Waals surface area contributed by atoms with E-state index in [9.17, 15) is 0 Å². The molecule has 126 valence electrons. The number of hydrogen-bond donors (Lipinski definition) is 1. The average Bonchev–Trinajstić information content (AvgIpc) is 2.62. The molecule has 0 spiro atoms. The third-order valence-corrected chi connectivity index (χ3v) is 5.17. The Balaban J connectivity index is 1.69. The van der Waals surface area contributed by atoms with Gasteiger partial charge >= 0.3 is 0 Å². The Morgan fingerprint density at radius 3 is 2.79 bits per heavy atom. The van der Waals surface area contributed by atoms with Gasteiger partial charge in [0, 0.05) is 23.8 Å². The van der Waals surface area contributed by atoms with Crippen molar-refractivity contribution in [3.05, 3.63) is 59.2 Å². The highest BCUT2D eigenvalue weighted by Gasteiger charge is 2.39. The van der Waals surface area contributed by atoms with Gasteiger partial charge in [0.05, 0.1) is 18.8 Å². The minimum Gasteiger partial charge on any atom is -0.494 e. The van der Waals surface area contributed by atoms with Crippen molar-refractivity contribution in [1.82, 2.24) is 0 Å². The van der Waals surface area contributed by atoms with Gasteiger partial charge in [-0.1, -0.05) is 29.8 Å². The number of ether oxygens (including phenoxy) is 2. The molecule has 1 fully saturated rings. The first-order valence-corrected chi connectivity index (χ1v) is 8.97. The fourth-order valence-corrected chi connectivity index (χ4v) is 4.06. The summed E-state index contributed by atoms with van der Waals surface area (Å²) in [5.74, 6) is 1.41. The van der Waals surface area contributed by atoms with Crippen LogP contribution in [0.3, 0.4) is 0 Å². The maximum Gasteiger partial charge on any atom is 0.119 e. The van der Waals surface area contributed by atoms with Gasteiger partial charge in [0.1, 0.15) is 5.75 Å². The average molecular weight is 323 g/mol. The number of anilines is 1. The molecule has 0 aliphatic carbocycles. The second kappa shape index (κ2) is 6.48. The molecule has 0 saturated carbocycles. The summed E-state index contributed by atoms with van der Waals surface area (Å²) in [6.45, 7) is 5.73. The summed E-state index contributed by atoms with van der Waals surface area (Å²) in [4.78, 5) is 0. The largest absolute Gasteiger partial charge is 0.494 e. The van der Waals surface area contributed by atoms with Gasteiger partial charge < -0.3 is 14.8 Å². The molecule has 2 aromatic rings. The normalized spacial score (nSPS) is 25.3. The smallest absolute Gasteiger partial charge is 0.119 e. The van der Waals surface area contributed by atoms with Crippen molar-refractivity contribution in [1.29, 1.82) is 0 Å². The molecule has 2 aliphatic heterocycles. The fourth-order valence-electron chi connectivity index (χ4n) is 4.06. The highest BCUT2D eigenvalue weighted by atomic mass is 16.5. The van der Waals surface area contributed by atoms with Gasteiger partial charge in [-0.2, -0.15) is 0 Å². The van der Waals surface area contributed by atoms with Crippen molar-refractivity contribution >= 4 is 5.69 Å². The van der Waals surface area contributed by atoms with Gasteiger partial charge in [-0.05, 0) is 50.5 Å². The van der Waals surface area contributed by atoms with Gasteiger partial charge in [-0.3, -0.25) is 0 Å². The highest BCUT2D eigenvalue weighted by molar-refractivity contribution is 5.58. The van der Waals surface area contributed by atoms with Crippen LogP contribution in [-0.4, -0.2) is 13.2 Å². The van der Waals surface area contributed by atoms with Crippen molar-refractivity contribution in [3.63, 3.8) is 0 Å². The number of benzene rings is 2. The van der Waals surface area contributed by atoms with E-state index in [1.165, 1.54) is 28.8 Å². The van der Waals surface area contributed by atoms with Crippen LogP contribution in [0.1, 0.15) is 48.6 Å². The molecule has 2 aliphatic rings. The van der Waals surface area contributed by atoms with Crippen LogP contribution in [-0.2, 0) is 4.74 Å². The summed E-state index contributed by atoms with van der Waals surface area (Å²) in [5.41, 5.74) is 5.14. The zero-order valence-electron chi connectivity index (χ0n) is 14.4. The maximum absolute atomic E-state index is 6.21. The molecule has 4 rings (SSSR count). The van der Waals surface area contributed by atoms with Crippen LogP contribution >= 0.6 is 0 Å². The summed E-state index contributed by atoms with van der Waals surface area (Å²) in [7, 11) is 0. The van der Waals surface area contributed by atoms with Crippen molar-refractivity contribution in [2.75, 3.05) is 18.5 Å². The van der Waals surface area contributed by atoms with Crippen molar-refractivity contribution < 1.29 is 9.47 Å². The van der Waals surface area contributed by atoms with Crippen molar-refractivity contribution in [3.8, 4) is 5.75 Å². The molecule has 3 atom stereocenters. The van der Waals surface area contributed by atoms with E-state index in [1.807, 2.05) is 6.92 Å². The van der Waals surface area contributed by atoms with E-state index >= 15 is 0 Å². The van der Waals surface area contributed by atoms with E-state index in [2.05, 4.69) is 54.7 Å². The fraction of sp³-hybridized carbons (Fsp3) is 0.429. The second-order valence-electron chi connectivity index (χ2n) is 6.81. The Hall–Kier alpha value is -2.00. The van der Waals surface area contributed by atoms with Crippen LogP contribution in [0.2, 0.25) is 0 Å². The summed E-state index contributed by atoms with van der Waals surface area (Å²) in [6.07, 6.45) is 2.53. The van der Waals surface area contributed by atoms with Crippen LogP contribution in [0, 0.1) is 12.8 Å². The molecule has 0 unspecified atom stereocenters. The molecular weight excluding hydrogens is 298 g/mol. The lowest BCUT2D eigenvalue weighted by atomic mass is 9.77. The Morgan fingerprint density at radius 1 is 1.17 bits per heavy atom. The first-order valence-electron chi connectivity index (χ1n) is 8.97. The predicted octanol–water partition coefficient (Wildman–Crippen LogP) is 5.03. The van der Waals surface area contributed by atoms with Crippen LogP contribution in [0.4, 0.5) is 5.69 Å². The lowest BCUT2D eigenvalue weighted by Crippen LogP contribution is -2.36. The molecule has 24 heavy (non-hydrogen) atoms. The predicted molar refractivity (Wildman–Crippen MR) is 96.6 cm³/mol. The molecular formula is C21H25NO2. The van der Waals surface area contributed by atoms with E-state index in [-0.39, 0.29) is 6.10 Å². The third-order valence-electron chi connectivity index (χ3n) is 5.17. The molecule has 2 heterocycles. The van der Waals surface area contributed by atoms with Gasteiger partial charge in [0.2, 0.25) is 0 Å². The minimum atomic E-state index is 0.200. The van der Waals surface area contributed by atoms with E-state index in [4.69, 9.17) is 9.47 Å². The Morgan fingerprint density at radius 2 is 2.00 bits per heavy atom. The summed E-state index contributed by atoms with van der Waals surface area (Å²) in [5, 5.41) is 3.77. The zero-order valence-corrected chi connectivity index (χ0v) is 14.4. The highest BCUT2D eigenvalue weighted by Crippen LogP contribution is 2.49. The number of hydrogen-bond acceptors (Lipinski definition) is 3. The number of nitrogens with one attached hydrogen (secondary N) is 1. The van der Waals surface area contributed by atoms with Crippen LogP contribution in [0.5, 0.6) is 5.75 Å². The Kier molecular flexibility index (Phi) is 4.19. The molecule has 1 saturated heterocycles. The van der Waals surface area contributed by atoms with E-state index in [0.29, 0.717) is 18.6 Å². The van der Waals surface area contributed by atoms with Gasteiger partial charge in [0.25, 0.3) is 0 Å². The minimum absolute atomic E-state index is 0.200. The summed E-state index contributed by atoms with van der Waals surface area (Å²) >= 11 is 0. The topological polar surface area (TPSA) is 30.5 Å². The monoisotopic (exact) mass is 323 g/mol. The van der Waals surface area contributed by atoms with Gasteiger partial charge in [-0.15, -0.1) is 0 Å². The summed E-state index contributed by atoms with van der Waals surface area (Å²) < 4.78 is 11.8. The lowest BCUT2D eigenvalue weighted by Gasteiger charge is -2.43. The number of fused-ring (bicyclic) bond motifs is 3. The van der Waals surface area contributed by atoms with Crippen LogP contribution < -0.4 is 10.1 Å². The molecule has 0 aromatic heterocycles. The van der Waals surface area contributed by atoms with E-state index in [0.717, 1.165) is 18.8 Å². The Bertz CT molecular complexity index is 710. The quantitative estimate of drug-likeness (QED) is 0.859. The molecule has 0 amide bonds. The second-order valence-corrected chi connectivity index (χ2v) is 6.81. The first-order chi connectivity index (χ1) is 11.8. The summed E-state index contributed by atoms with van der Waals surface area (Å²) in [6, 6.07) is 15.5. The van der Waals surface area contributed by atoms with Crippen molar-refractivity contribution in [2.24, 2.45) is 5.92 Å². The van der Waals surface area contributed by atoms with Crippen LogP contribution in [0.25, 0.3) is 0 Å². The van der Waals surface area contributed by atoms with Crippen molar-refractivity contribution in [2.45, 2.75) is 38.8 Å². The zero-order chi connectivity index (χ0) is 16.5. The molecule has 3 nitrogen and oxygen atoms in total. The SMILES string of the molecule is CCOc1ccc([C@H]2Nc3ccc(C)cc3[C@H]3OCCC[C@@H]23)cc1. The molecule has 3 heteroatoms. The lowest BCUT2D eigenvalue weighted by molar-refractivity contribution is -0.0381. The Labute approximate surface area is 144 Å². The van der Waals surface area contributed by atoms with Crippen LogP contribution in [0.15, 0.2) is 42.5 Å². The molecule has 1 N–H and O–H groups in total. The van der Waals surface area contributed by atoms with E-state index < -0.39 is 0 Å². The number of rotatable bonds is 3. The standard InChI is InChI=1S/C21H25NO2/c1-3-23-16-9-7-15(8-10-16)20-17-5-4-12-24-21(17)18-13-14(2)6-11-19(18)22-20/h6-11,13,17,20-22H,3-5,12H2,1-2H3/t17-,20+,21-/m0/s1.